The van der Waals surface area contributed by atoms with Crippen molar-refractivity contribution in [1.82, 2.24) is 9.80 Å². The van der Waals surface area contributed by atoms with Gasteiger partial charge in [0.1, 0.15) is 0 Å². The quantitative estimate of drug-likeness (QED) is 0.657. The first-order chi connectivity index (χ1) is 8.18. The molecule has 0 saturated carbocycles. The van der Waals surface area contributed by atoms with Crippen LogP contribution in [0.4, 0.5) is 0 Å². The van der Waals surface area contributed by atoms with Crippen LogP contribution in [0.5, 0.6) is 0 Å². The molecular weight excluding hydrogens is 216 g/mol. The van der Waals surface area contributed by atoms with Gasteiger partial charge >= 0.3 is 5.97 Å². The molecule has 0 aromatic carbocycles. The van der Waals surface area contributed by atoms with E-state index in [1.54, 1.807) is 0 Å². The molecule has 0 amide bonds. The molecule has 1 aliphatic heterocycles. The summed E-state index contributed by atoms with van der Waals surface area (Å²) in [4.78, 5) is 15.2. The van der Waals surface area contributed by atoms with Crippen molar-refractivity contribution in [3.8, 4) is 0 Å². The van der Waals surface area contributed by atoms with Crippen molar-refractivity contribution in [2.75, 3.05) is 39.8 Å². The van der Waals surface area contributed by atoms with E-state index < -0.39 is 5.97 Å². The van der Waals surface area contributed by atoms with Crippen molar-refractivity contribution in [3.63, 3.8) is 0 Å². The van der Waals surface area contributed by atoms with E-state index in [4.69, 9.17) is 5.11 Å². The van der Waals surface area contributed by atoms with E-state index in [1.807, 2.05) is 0 Å². The van der Waals surface area contributed by atoms with Gasteiger partial charge in [0.05, 0.1) is 0 Å². The van der Waals surface area contributed by atoms with Gasteiger partial charge in [0, 0.05) is 32.6 Å². The number of rotatable bonds is 8. The fraction of sp³-hybridized carbons (Fsp3) is 0.923. The van der Waals surface area contributed by atoms with Crippen molar-refractivity contribution in [3.05, 3.63) is 0 Å². The Kier molecular flexibility index (Phi) is 7.21. The first kappa shape index (κ1) is 14.5. The number of hydrogen-bond acceptors (Lipinski definition) is 3. The third-order valence-electron chi connectivity index (χ3n) is 3.46. The largest absolute Gasteiger partial charge is 0.481 e. The van der Waals surface area contributed by atoms with Crippen LogP contribution in [0.15, 0.2) is 0 Å². The molecule has 4 heteroatoms. The van der Waals surface area contributed by atoms with Gasteiger partial charge < -0.3 is 14.9 Å². The number of carboxylic acids is 1. The van der Waals surface area contributed by atoms with Gasteiger partial charge in [0.15, 0.2) is 0 Å². The van der Waals surface area contributed by atoms with Gasteiger partial charge in [-0.1, -0.05) is 19.3 Å². The van der Waals surface area contributed by atoms with Gasteiger partial charge in [-0.2, -0.15) is 0 Å². The highest BCUT2D eigenvalue weighted by Gasteiger charge is 2.12. The molecule has 1 N–H and O–H groups in total. The van der Waals surface area contributed by atoms with Crippen LogP contribution < -0.4 is 0 Å². The molecule has 1 aliphatic rings. The molecule has 1 heterocycles. The molecule has 4 nitrogen and oxygen atoms in total. The zero-order valence-corrected chi connectivity index (χ0v) is 11.0. The van der Waals surface area contributed by atoms with Crippen LogP contribution >= 0.6 is 0 Å². The van der Waals surface area contributed by atoms with Crippen molar-refractivity contribution in [2.24, 2.45) is 0 Å². The molecular formula is C13H26N2O2. The first-order valence-corrected chi connectivity index (χ1v) is 6.81. The summed E-state index contributed by atoms with van der Waals surface area (Å²) in [7, 11) is 2.18. The van der Waals surface area contributed by atoms with E-state index in [2.05, 4.69) is 16.8 Å². The van der Waals surface area contributed by atoms with Gasteiger partial charge in [-0.25, -0.2) is 0 Å². The normalized spacial score (nSPS) is 18.4. The van der Waals surface area contributed by atoms with Crippen molar-refractivity contribution in [1.29, 1.82) is 0 Å². The van der Waals surface area contributed by atoms with Crippen LogP contribution in [-0.4, -0.2) is 60.6 Å². The summed E-state index contributed by atoms with van der Waals surface area (Å²) in [6.45, 7) is 6.01. The molecule has 100 valence electrons. The average molecular weight is 242 g/mol. The Morgan fingerprint density at radius 3 is 2.24 bits per heavy atom. The minimum absolute atomic E-state index is 0.332. The van der Waals surface area contributed by atoms with Crippen LogP contribution in [0, 0.1) is 0 Å². The van der Waals surface area contributed by atoms with Gasteiger partial charge in [-0.3, -0.25) is 4.79 Å². The van der Waals surface area contributed by atoms with Gasteiger partial charge in [0.2, 0.25) is 0 Å². The Labute approximate surface area is 105 Å². The summed E-state index contributed by atoms with van der Waals surface area (Å²) in [5.41, 5.74) is 0. The topological polar surface area (TPSA) is 43.8 Å². The molecule has 0 atom stereocenters. The summed E-state index contributed by atoms with van der Waals surface area (Å²) in [5, 5.41) is 8.50. The summed E-state index contributed by atoms with van der Waals surface area (Å²) in [6, 6.07) is 0. The van der Waals surface area contributed by atoms with Crippen molar-refractivity contribution >= 4 is 5.97 Å². The number of nitrogens with zero attached hydrogens (tertiary/aromatic N) is 2. The average Bonchev–Trinajstić information content (AvgIpc) is 2.30. The van der Waals surface area contributed by atoms with Gasteiger partial charge in [-0.15, -0.1) is 0 Å². The van der Waals surface area contributed by atoms with Crippen molar-refractivity contribution < 1.29 is 9.90 Å². The van der Waals surface area contributed by atoms with E-state index in [0.717, 1.165) is 12.8 Å². The van der Waals surface area contributed by atoms with Gasteiger partial charge in [-0.05, 0) is 26.4 Å². The van der Waals surface area contributed by atoms with E-state index in [-0.39, 0.29) is 0 Å². The lowest BCUT2D eigenvalue weighted by molar-refractivity contribution is -0.137. The summed E-state index contributed by atoms with van der Waals surface area (Å²) in [5.74, 6) is -0.664. The van der Waals surface area contributed by atoms with E-state index >= 15 is 0 Å². The minimum Gasteiger partial charge on any atom is -0.481 e. The maximum Gasteiger partial charge on any atom is 0.303 e. The summed E-state index contributed by atoms with van der Waals surface area (Å²) >= 11 is 0. The lowest BCUT2D eigenvalue weighted by Gasteiger charge is -2.32. The number of unbranched alkanes of at least 4 members (excludes halogenated alkanes) is 4. The maximum absolute atomic E-state index is 10.3. The molecule has 0 aliphatic carbocycles. The highest BCUT2D eigenvalue weighted by atomic mass is 16.4. The Morgan fingerprint density at radius 1 is 1.00 bits per heavy atom. The highest BCUT2D eigenvalue weighted by molar-refractivity contribution is 5.66. The third-order valence-corrected chi connectivity index (χ3v) is 3.46. The predicted octanol–water partition coefficient (Wildman–Crippen LogP) is 1.66. The lowest BCUT2D eigenvalue weighted by Crippen LogP contribution is -2.44. The highest BCUT2D eigenvalue weighted by Crippen LogP contribution is 2.07. The smallest absolute Gasteiger partial charge is 0.303 e. The second-order valence-electron chi connectivity index (χ2n) is 5.06. The molecule has 0 aromatic heterocycles. The lowest BCUT2D eigenvalue weighted by atomic mass is 10.1. The molecule has 0 unspecified atom stereocenters. The third kappa shape index (κ3) is 7.34. The second-order valence-corrected chi connectivity index (χ2v) is 5.06. The Morgan fingerprint density at radius 2 is 1.59 bits per heavy atom. The maximum atomic E-state index is 10.3. The standard InChI is InChI=1S/C13H26N2O2/c1-14-9-11-15(12-10-14)8-6-4-2-3-5-7-13(16)17/h2-12H2,1H3,(H,16,17). The molecule has 0 aromatic rings. The Balaban J connectivity index is 1.85. The number of carboxylic acid groups (broad SMARTS) is 1. The molecule has 17 heavy (non-hydrogen) atoms. The summed E-state index contributed by atoms with van der Waals surface area (Å²) in [6.07, 6.45) is 5.92. The van der Waals surface area contributed by atoms with E-state index in [1.165, 1.54) is 52.0 Å². The monoisotopic (exact) mass is 242 g/mol. The fourth-order valence-corrected chi connectivity index (χ4v) is 2.21. The van der Waals surface area contributed by atoms with E-state index in [9.17, 15) is 4.79 Å². The first-order valence-electron chi connectivity index (χ1n) is 6.81. The number of piperazine rings is 1. The van der Waals surface area contributed by atoms with Gasteiger partial charge in [0.25, 0.3) is 0 Å². The van der Waals surface area contributed by atoms with Crippen LogP contribution in [-0.2, 0) is 4.79 Å². The van der Waals surface area contributed by atoms with Crippen LogP contribution in [0.1, 0.15) is 38.5 Å². The van der Waals surface area contributed by atoms with Crippen LogP contribution in [0.3, 0.4) is 0 Å². The molecule has 1 saturated heterocycles. The van der Waals surface area contributed by atoms with Crippen molar-refractivity contribution in [2.45, 2.75) is 38.5 Å². The fourth-order valence-electron chi connectivity index (χ4n) is 2.21. The number of hydrogen-bond donors (Lipinski definition) is 1. The van der Waals surface area contributed by atoms with Crippen LogP contribution in [0.25, 0.3) is 0 Å². The number of carbonyl (C=O) groups is 1. The molecule has 1 rings (SSSR count). The number of likely N-dealkylation sites (N-methyl/N-ethyl adjacent to an activating group) is 1. The molecule has 0 radical (unpaired) electrons. The zero-order valence-electron chi connectivity index (χ0n) is 11.0. The molecule has 0 spiro atoms. The molecule has 0 bridgehead atoms. The number of aliphatic carboxylic acids is 1. The Hall–Kier alpha value is -0.610. The molecule has 1 fully saturated rings. The van der Waals surface area contributed by atoms with Crippen LogP contribution in [0.2, 0.25) is 0 Å². The Bertz CT molecular complexity index is 213. The summed E-state index contributed by atoms with van der Waals surface area (Å²) < 4.78 is 0. The second kappa shape index (κ2) is 8.48. The minimum atomic E-state index is -0.664. The van der Waals surface area contributed by atoms with E-state index in [0.29, 0.717) is 6.42 Å². The SMILES string of the molecule is CN1CCN(CCCCCCCC(=O)O)CC1. The zero-order chi connectivity index (χ0) is 12.5. The predicted molar refractivity (Wildman–Crippen MR) is 69.3 cm³/mol.